The van der Waals surface area contributed by atoms with Crippen LogP contribution in [0.3, 0.4) is 0 Å². The zero-order valence-electron chi connectivity index (χ0n) is 18.0. The zero-order chi connectivity index (χ0) is 23.3. The second-order valence-electron chi connectivity index (χ2n) is 8.09. The van der Waals surface area contributed by atoms with Crippen LogP contribution in [-0.4, -0.2) is 33.1 Å². The van der Waals surface area contributed by atoms with Crippen LogP contribution in [0, 0.1) is 0 Å². The third kappa shape index (κ3) is 6.19. The molecule has 0 atom stereocenters. The van der Waals surface area contributed by atoms with Gasteiger partial charge >= 0.3 is 6.61 Å². The summed E-state index contributed by atoms with van der Waals surface area (Å²) in [6.45, 7) is 3.82. The first-order chi connectivity index (χ1) is 15.1. The van der Waals surface area contributed by atoms with Gasteiger partial charge in [-0.15, -0.1) is 10.2 Å². The maximum absolute atomic E-state index is 12.2. The maximum atomic E-state index is 12.2. The Labute approximate surface area is 189 Å². The van der Waals surface area contributed by atoms with E-state index in [-0.39, 0.29) is 29.4 Å². The summed E-state index contributed by atoms with van der Waals surface area (Å²) >= 11 is 1.17. The van der Waals surface area contributed by atoms with E-state index in [1.54, 1.807) is 12.1 Å². The van der Waals surface area contributed by atoms with Crippen molar-refractivity contribution in [1.82, 2.24) is 20.2 Å². The van der Waals surface area contributed by atoms with Crippen LogP contribution in [-0.2, 0) is 16.8 Å². The summed E-state index contributed by atoms with van der Waals surface area (Å²) in [4.78, 5) is 12.2. The van der Waals surface area contributed by atoms with E-state index in [4.69, 9.17) is 5.84 Å². The fourth-order valence-electron chi connectivity index (χ4n) is 2.86. The van der Waals surface area contributed by atoms with Crippen molar-refractivity contribution in [2.24, 2.45) is 0 Å². The van der Waals surface area contributed by atoms with Crippen LogP contribution < -0.4 is 15.9 Å². The maximum Gasteiger partial charge on any atom is 0.387 e. The summed E-state index contributed by atoms with van der Waals surface area (Å²) in [5.74, 6) is 6.59. The quantitative estimate of drug-likeness (QED) is 0.389. The van der Waals surface area contributed by atoms with Gasteiger partial charge < -0.3 is 15.9 Å². The number of nitrogens with zero attached hydrogens (tertiary/aromatic N) is 3. The number of ether oxygens (including phenoxy) is 1. The van der Waals surface area contributed by atoms with Crippen molar-refractivity contribution in [2.45, 2.75) is 44.5 Å². The van der Waals surface area contributed by atoms with Gasteiger partial charge in [0.05, 0.1) is 5.75 Å². The minimum Gasteiger partial charge on any atom is -0.435 e. The molecular formula is C22H25F2N5O2S. The zero-order valence-corrected chi connectivity index (χ0v) is 18.8. The lowest BCUT2D eigenvalue weighted by Crippen LogP contribution is -2.25. The number of aromatic nitrogens is 3. The van der Waals surface area contributed by atoms with Crippen LogP contribution in [0.4, 0.5) is 8.78 Å². The van der Waals surface area contributed by atoms with Crippen molar-refractivity contribution in [3.8, 4) is 17.1 Å². The minimum atomic E-state index is -2.87. The smallest absolute Gasteiger partial charge is 0.387 e. The average molecular weight is 462 g/mol. The van der Waals surface area contributed by atoms with Crippen LogP contribution in [0.2, 0.25) is 0 Å². The van der Waals surface area contributed by atoms with Crippen LogP contribution in [0.1, 0.15) is 31.9 Å². The number of carbonyl (C=O) groups is 1. The molecule has 0 saturated carbocycles. The Kier molecular flexibility index (Phi) is 7.34. The molecule has 0 aliphatic carbocycles. The highest BCUT2D eigenvalue weighted by atomic mass is 32.2. The lowest BCUT2D eigenvalue weighted by Gasteiger charge is -2.19. The monoisotopic (exact) mass is 461 g/mol. The van der Waals surface area contributed by atoms with Crippen molar-refractivity contribution in [3.63, 3.8) is 0 Å². The number of carbonyl (C=O) groups excluding carboxylic acids is 1. The van der Waals surface area contributed by atoms with Gasteiger partial charge in [0, 0.05) is 12.1 Å². The summed E-state index contributed by atoms with van der Waals surface area (Å²) in [6, 6.07) is 14.0. The highest BCUT2D eigenvalue weighted by molar-refractivity contribution is 7.99. The number of benzene rings is 2. The number of nitrogens with two attached hydrogens (primary N) is 1. The Hall–Kier alpha value is -3.14. The minimum absolute atomic E-state index is 0.0466. The Morgan fingerprint density at radius 3 is 2.38 bits per heavy atom. The molecule has 1 aromatic heterocycles. The first kappa shape index (κ1) is 23.5. The Balaban J connectivity index is 1.53. The molecule has 3 aromatic rings. The second kappa shape index (κ2) is 9.99. The van der Waals surface area contributed by atoms with Gasteiger partial charge in [-0.05, 0) is 28.7 Å². The molecule has 0 bridgehead atoms. The predicted molar refractivity (Wildman–Crippen MR) is 120 cm³/mol. The number of nitrogen functional groups attached to an aromatic ring is 1. The Morgan fingerprint density at radius 2 is 1.78 bits per heavy atom. The molecule has 0 radical (unpaired) electrons. The molecule has 1 heterocycles. The number of amides is 1. The first-order valence-corrected chi connectivity index (χ1v) is 10.9. The molecule has 0 spiro atoms. The fourth-order valence-corrected chi connectivity index (χ4v) is 3.55. The largest absolute Gasteiger partial charge is 0.435 e. The molecule has 1 amide bonds. The molecule has 10 heteroatoms. The Morgan fingerprint density at radius 1 is 1.12 bits per heavy atom. The van der Waals surface area contributed by atoms with E-state index in [0.717, 1.165) is 11.1 Å². The van der Waals surface area contributed by atoms with Crippen LogP contribution in [0.15, 0.2) is 53.7 Å². The van der Waals surface area contributed by atoms with Crippen LogP contribution in [0.25, 0.3) is 11.4 Å². The summed E-state index contributed by atoms with van der Waals surface area (Å²) in [5.41, 5.74) is 2.84. The molecule has 0 fully saturated rings. The number of hydrogen-bond acceptors (Lipinski definition) is 6. The van der Waals surface area contributed by atoms with Gasteiger partial charge in [-0.1, -0.05) is 68.9 Å². The third-order valence-corrected chi connectivity index (χ3v) is 5.59. The first-order valence-electron chi connectivity index (χ1n) is 9.88. The predicted octanol–water partition coefficient (Wildman–Crippen LogP) is 3.97. The van der Waals surface area contributed by atoms with Gasteiger partial charge in [0.15, 0.2) is 5.82 Å². The average Bonchev–Trinajstić information content (AvgIpc) is 3.11. The molecule has 3 N–H and O–H groups in total. The molecule has 7 nitrogen and oxygen atoms in total. The standard InChI is InChI=1S/C22H25F2N5O2S/c1-22(2,3)16-8-6-15(7-9-16)19-27-28-21(29(19)25)32-13-18(30)26-12-14-4-10-17(11-5-14)31-20(23)24/h4-11,20H,12-13,25H2,1-3H3,(H,26,30). The van der Waals surface area contributed by atoms with E-state index >= 15 is 0 Å². The van der Waals surface area contributed by atoms with Crippen molar-refractivity contribution >= 4 is 17.7 Å². The lowest BCUT2D eigenvalue weighted by atomic mass is 9.87. The van der Waals surface area contributed by atoms with Crippen molar-refractivity contribution in [2.75, 3.05) is 11.6 Å². The van der Waals surface area contributed by atoms with Gasteiger partial charge in [0.25, 0.3) is 0 Å². The fraction of sp³-hybridized carbons (Fsp3) is 0.318. The van der Waals surface area contributed by atoms with Crippen molar-refractivity contribution in [1.29, 1.82) is 0 Å². The molecule has 3 rings (SSSR count). The molecule has 170 valence electrons. The summed E-state index contributed by atoms with van der Waals surface area (Å²) in [6.07, 6.45) is 0. The summed E-state index contributed by atoms with van der Waals surface area (Å²) < 4.78 is 30.0. The second-order valence-corrected chi connectivity index (χ2v) is 9.03. The number of nitrogens with one attached hydrogen (secondary N) is 1. The van der Waals surface area contributed by atoms with E-state index in [1.165, 1.54) is 34.1 Å². The number of alkyl halides is 2. The van der Waals surface area contributed by atoms with Crippen molar-refractivity contribution < 1.29 is 18.3 Å². The summed E-state index contributed by atoms with van der Waals surface area (Å²) in [5, 5.41) is 11.4. The Bertz CT molecular complexity index is 1050. The molecule has 0 unspecified atom stereocenters. The molecule has 2 aromatic carbocycles. The number of hydrogen-bond donors (Lipinski definition) is 2. The molecule has 0 aliphatic heterocycles. The molecule has 0 aliphatic rings. The van der Waals surface area contributed by atoms with Gasteiger partial charge in [-0.25, -0.2) is 4.68 Å². The topological polar surface area (TPSA) is 95.1 Å². The van der Waals surface area contributed by atoms with Crippen LogP contribution >= 0.6 is 11.8 Å². The van der Waals surface area contributed by atoms with E-state index in [1.807, 2.05) is 24.3 Å². The van der Waals surface area contributed by atoms with E-state index in [2.05, 4.69) is 41.0 Å². The lowest BCUT2D eigenvalue weighted by molar-refractivity contribution is -0.118. The van der Waals surface area contributed by atoms with Gasteiger partial charge in [0.1, 0.15) is 5.75 Å². The molecular weight excluding hydrogens is 436 g/mol. The normalized spacial score (nSPS) is 11.6. The number of rotatable bonds is 8. The number of thioether (sulfide) groups is 1. The van der Waals surface area contributed by atoms with E-state index in [9.17, 15) is 13.6 Å². The number of halogens is 2. The molecule has 0 saturated heterocycles. The van der Waals surface area contributed by atoms with Gasteiger partial charge in [-0.3, -0.25) is 4.79 Å². The third-order valence-electron chi connectivity index (χ3n) is 4.64. The van der Waals surface area contributed by atoms with Crippen molar-refractivity contribution in [3.05, 3.63) is 59.7 Å². The summed E-state index contributed by atoms with van der Waals surface area (Å²) in [7, 11) is 0. The highest BCUT2D eigenvalue weighted by Gasteiger charge is 2.16. The van der Waals surface area contributed by atoms with Gasteiger partial charge in [0.2, 0.25) is 11.1 Å². The highest BCUT2D eigenvalue weighted by Crippen LogP contribution is 2.26. The molecule has 32 heavy (non-hydrogen) atoms. The SMILES string of the molecule is CC(C)(C)c1ccc(-c2nnc(SCC(=O)NCc3ccc(OC(F)F)cc3)n2N)cc1. The van der Waals surface area contributed by atoms with Crippen LogP contribution in [0.5, 0.6) is 5.75 Å². The van der Waals surface area contributed by atoms with Gasteiger partial charge in [-0.2, -0.15) is 8.78 Å². The van der Waals surface area contributed by atoms with E-state index in [0.29, 0.717) is 11.0 Å². The van der Waals surface area contributed by atoms with E-state index < -0.39 is 6.61 Å².